The fourth-order valence-corrected chi connectivity index (χ4v) is 5.92. The van der Waals surface area contributed by atoms with Gasteiger partial charge < -0.3 is 4.90 Å². The predicted molar refractivity (Wildman–Crippen MR) is 97.8 cm³/mol. The first-order valence-corrected chi connectivity index (χ1v) is 10.3. The molecule has 5 nitrogen and oxygen atoms in total. The molecule has 2 aliphatic rings. The van der Waals surface area contributed by atoms with E-state index in [9.17, 15) is 13.2 Å². The van der Waals surface area contributed by atoms with Gasteiger partial charge in [0.2, 0.25) is 10.0 Å². The summed E-state index contributed by atoms with van der Waals surface area (Å²) in [6.07, 6.45) is 4.08. The molecule has 0 N–H and O–H groups in total. The van der Waals surface area contributed by atoms with Gasteiger partial charge in [-0.25, -0.2) is 8.42 Å². The van der Waals surface area contributed by atoms with Crippen molar-refractivity contribution in [1.29, 1.82) is 0 Å². The van der Waals surface area contributed by atoms with Gasteiger partial charge in [0.05, 0.1) is 10.9 Å². The number of carbonyl (C=O) groups is 1. The number of benzene rings is 1. The predicted octanol–water partition coefficient (Wildman–Crippen LogP) is 2.92. The fraction of sp³-hybridized carbons (Fsp3) is 0.500. The van der Waals surface area contributed by atoms with E-state index in [1.165, 1.54) is 12.1 Å². The van der Waals surface area contributed by atoms with E-state index >= 15 is 0 Å². The molecular weight excluding hydrogens is 360 g/mol. The highest BCUT2D eigenvalue weighted by atomic mass is 35.5. The molecule has 1 aromatic carbocycles. The lowest BCUT2D eigenvalue weighted by molar-refractivity contribution is -0.124. The number of carbonyl (C=O) groups excluding carboxylic acids is 1. The van der Waals surface area contributed by atoms with Crippen LogP contribution in [0.25, 0.3) is 0 Å². The zero-order chi connectivity index (χ0) is 18.4. The van der Waals surface area contributed by atoms with Gasteiger partial charge in [0.15, 0.2) is 5.78 Å². The number of rotatable bonds is 3. The number of sulfonamides is 1. The van der Waals surface area contributed by atoms with E-state index in [2.05, 4.69) is 0 Å². The third-order valence-electron chi connectivity index (χ3n) is 5.03. The van der Waals surface area contributed by atoms with E-state index in [4.69, 9.17) is 11.6 Å². The van der Waals surface area contributed by atoms with Crippen molar-refractivity contribution in [2.75, 3.05) is 14.1 Å². The normalized spacial score (nSPS) is 29.0. The Balaban J connectivity index is 2.10. The van der Waals surface area contributed by atoms with Crippen LogP contribution < -0.4 is 0 Å². The number of hydrogen-bond donors (Lipinski definition) is 0. The van der Waals surface area contributed by atoms with Crippen LogP contribution in [0, 0.1) is 5.92 Å². The Hall–Kier alpha value is -1.37. The third kappa shape index (κ3) is 3.23. The standard InChI is InChI=1S/C18H23ClN2O3S/c1-12-16-5-4-6-17(15(18(12)22)11-20(2)3)21(16)25(23,24)14-9-7-13(19)8-10-14/h7-12,16-17H,4-6H2,1-3H3/b15-11+. The van der Waals surface area contributed by atoms with E-state index in [0.717, 1.165) is 6.42 Å². The third-order valence-corrected chi connectivity index (χ3v) is 7.23. The molecule has 2 fully saturated rings. The molecule has 2 aliphatic heterocycles. The minimum atomic E-state index is -3.70. The molecular formula is C18H23ClN2O3S. The highest BCUT2D eigenvalue weighted by Gasteiger charge is 2.50. The minimum absolute atomic E-state index is 0.0611. The summed E-state index contributed by atoms with van der Waals surface area (Å²) in [6.45, 7) is 1.84. The van der Waals surface area contributed by atoms with Crippen molar-refractivity contribution in [3.63, 3.8) is 0 Å². The summed E-state index contributed by atoms with van der Waals surface area (Å²) in [6, 6.07) is 5.54. The number of halogens is 1. The fourth-order valence-electron chi connectivity index (χ4n) is 3.87. The largest absolute Gasteiger partial charge is 0.383 e. The Morgan fingerprint density at radius 1 is 1.20 bits per heavy atom. The first kappa shape index (κ1) is 18.4. The Labute approximate surface area is 154 Å². The number of hydrogen-bond acceptors (Lipinski definition) is 4. The Morgan fingerprint density at radius 3 is 2.44 bits per heavy atom. The summed E-state index contributed by atoms with van der Waals surface area (Å²) < 4.78 is 28.2. The molecule has 0 radical (unpaired) electrons. The van der Waals surface area contributed by atoms with Crippen LogP contribution >= 0.6 is 11.6 Å². The van der Waals surface area contributed by atoms with Gasteiger partial charge in [-0.2, -0.15) is 4.31 Å². The van der Waals surface area contributed by atoms with Crippen LogP contribution in [-0.4, -0.2) is 49.6 Å². The molecule has 2 saturated heterocycles. The van der Waals surface area contributed by atoms with E-state index in [0.29, 0.717) is 23.4 Å². The van der Waals surface area contributed by atoms with Crippen LogP contribution in [0.5, 0.6) is 0 Å². The lowest BCUT2D eigenvalue weighted by Gasteiger charge is -2.48. The number of nitrogens with zero attached hydrogens (tertiary/aromatic N) is 2. The van der Waals surface area contributed by atoms with Gasteiger partial charge in [-0.05, 0) is 43.5 Å². The van der Waals surface area contributed by atoms with Crippen molar-refractivity contribution in [2.45, 2.75) is 43.2 Å². The summed E-state index contributed by atoms with van der Waals surface area (Å²) in [7, 11) is -0.00967. The van der Waals surface area contributed by atoms with Crippen LogP contribution in [0.15, 0.2) is 40.9 Å². The first-order chi connectivity index (χ1) is 11.7. The summed E-state index contributed by atoms with van der Waals surface area (Å²) in [4.78, 5) is 14.8. The molecule has 25 heavy (non-hydrogen) atoms. The molecule has 0 aromatic heterocycles. The highest BCUT2D eigenvalue weighted by Crippen LogP contribution is 2.41. The quantitative estimate of drug-likeness (QED) is 0.754. The SMILES string of the molecule is CC1C(=O)/C(=C/N(C)C)C2CCCC1N2S(=O)(=O)c1ccc(Cl)cc1. The van der Waals surface area contributed by atoms with Gasteiger partial charge in [-0.1, -0.05) is 18.5 Å². The summed E-state index contributed by atoms with van der Waals surface area (Å²) in [5.74, 6) is -0.282. The zero-order valence-electron chi connectivity index (χ0n) is 14.6. The number of Topliss-reactive ketones (excluding diaryl/α,β-unsaturated/α-hetero) is 1. The Bertz CT molecular complexity index is 802. The highest BCUT2D eigenvalue weighted by molar-refractivity contribution is 7.89. The van der Waals surface area contributed by atoms with Gasteiger partial charge in [0.1, 0.15) is 0 Å². The zero-order valence-corrected chi connectivity index (χ0v) is 16.2. The molecule has 7 heteroatoms. The number of ketones is 1. The van der Waals surface area contributed by atoms with E-state index in [1.54, 1.807) is 22.6 Å². The van der Waals surface area contributed by atoms with Crippen molar-refractivity contribution >= 4 is 27.4 Å². The van der Waals surface area contributed by atoms with E-state index in [-0.39, 0.29) is 22.6 Å². The topological polar surface area (TPSA) is 57.7 Å². The molecule has 0 saturated carbocycles. The van der Waals surface area contributed by atoms with Gasteiger partial charge in [-0.15, -0.1) is 0 Å². The van der Waals surface area contributed by atoms with Crippen molar-refractivity contribution in [3.05, 3.63) is 41.1 Å². The maximum absolute atomic E-state index is 13.3. The average Bonchev–Trinajstić information content (AvgIpc) is 2.57. The first-order valence-electron chi connectivity index (χ1n) is 8.45. The smallest absolute Gasteiger partial charge is 0.243 e. The number of piperidine rings is 2. The van der Waals surface area contributed by atoms with Crippen LogP contribution in [0.1, 0.15) is 26.2 Å². The molecule has 3 atom stereocenters. The summed E-state index contributed by atoms with van der Waals surface area (Å²) in [5, 5.41) is 0.495. The maximum Gasteiger partial charge on any atom is 0.243 e. The Morgan fingerprint density at radius 2 is 1.84 bits per heavy atom. The van der Waals surface area contributed by atoms with Gasteiger partial charge in [-0.3, -0.25) is 4.79 Å². The maximum atomic E-state index is 13.3. The molecule has 2 bridgehead atoms. The lowest BCUT2D eigenvalue weighted by Crippen LogP contribution is -2.59. The van der Waals surface area contributed by atoms with Crippen LogP contribution in [0.4, 0.5) is 0 Å². The van der Waals surface area contributed by atoms with E-state index < -0.39 is 16.1 Å². The van der Waals surface area contributed by atoms with Gasteiger partial charge in [0.25, 0.3) is 0 Å². The molecule has 136 valence electrons. The molecule has 3 unspecified atom stereocenters. The van der Waals surface area contributed by atoms with Crippen LogP contribution in [0.3, 0.4) is 0 Å². The second-order valence-electron chi connectivity index (χ2n) is 7.00. The van der Waals surface area contributed by atoms with E-state index in [1.807, 2.05) is 25.9 Å². The molecule has 2 heterocycles. The lowest BCUT2D eigenvalue weighted by atomic mass is 9.77. The van der Waals surface area contributed by atoms with Crippen molar-refractivity contribution in [2.24, 2.45) is 5.92 Å². The van der Waals surface area contributed by atoms with Crippen molar-refractivity contribution < 1.29 is 13.2 Å². The second-order valence-corrected chi connectivity index (χ2v) is 9.28. The number of fused-ring (bicyclic) bond motifs is 2. The van der Waals surface area contributed by atoms with Crippen LogP contribution in [-0.2, 0) is 14.8 Å². The summed E-state index contributed by atoms with van der Waals surface area (Å²) >= 11 is 5.90. The van der Waals surface area contributed by atoms with Crippen molar-refractivity contribution in [1.82, 2.24) is 9.21 Å². The van der Waals surface area contributed by atoms with Crippen LogP contribution in [0.2, 0.25) is 5.02 Å². The Kier molecular flexibility index (Phi) is 4.97. The second kappa shape index (κ2) is 6.74. The molecule has 0 amide bonds. The summed E-state index contributed by atoms with van der Waals surface area (Å²) in [5.41, 5.74) is 0.589. The monoisotopic (exact) mass is 382 g/mol. The molecule has 0 aliphatic carbocycles. The van der Waals surface area contributed by atoms with Crippen molar-refractivity contribution in [3.8, 4) is 0 Å². The molecule has 1 aromatic rings. The van der Waals surface area contributed by atoms with Gasteiger partial charge >= 0.3 is 0 Å². The van der Waals surface area contributed by atoms with Gasteiger partial charge in [0, 0.05) is 42.9 Å². The molecule has 0 spiro atoms. The molecule has 3 rings (SSSR count). The average molecular weight is 383 g/mol. The minimum Gasteiger partial charge on any atom is -0.383 e.